The summed E-state index contributed by atoms with van der Waals surface area (Å²) in [5.41, 5.74) is 0.0906. The number of benzene rings is 1. The maximum Gasteiger partial charge on any atom is 0.391 e. The molecule has 1 heterocycles. The molecule has 1 aromatic carbocycles. The highest BCUT2D eigenvalue weighted by atomic mass is 79.9. The number of aromatic nitrogens is 1. The van der Waals surface area contributed by atoms with Crippen LogP contribution in [0.15, 0.2) is 41.0 Å². The molecule has 4 nitrogen and oxygen atoms in total. The van der Waals surface area contributed by atoms with E-state index in [0.29, 0.717) is 17.3 Å². The number of carbonyl (C=O) groups excluding carboxylic acids is 1. The number of nitrogens with one attached hydrogen (secondary N) is 1. The fourth-order valence-corrected chi connectivity index (χ4v) is 3.62. The van der Waals surface area contributed by atoms with E-state index in [1.54, 1.807) is 0 Å². The van der Waals surface area contributed by atoms with Crippen LogP contribution >= 0.6 is 15.9 Å². The van der Waals surface area contributed by atoms with Gasteiger partial charge in [0, 0.05) is 12.2 Å². The zero-order valence-corrected chi connectivity index (χ0v) is 16.2. The summed E-state index contributed by atoms with van der Waals surface area (Å²) in [6.07, 6.45) is -2.03. The zero-order chi connectivity index (χ0) is 20.3. The third kappa shape index (κ3) is 5.01. The Kier molecular flexibility index (Phi) is 6.22. The first-order valence-corrected chi connectivity index (χ1v) is 9.49. The van der Waals surface area contributed by atoms with Crippen molar-refractivity contribution < 1.29 is 27.1 Å². The van der Waals surface area contributed by atoms with Gasteiger partial charge in [0.25, 0.3) is 5.91 Å². The first-order valence-electron chi connectivity index (χ1n) is 8.69. The maximum absolute atomic E-state index is 13.2. The molecule has 1 amide bonds. The number of nitrogens with zero attached hydrogens (tertiary/aromatic N) is 1. The Morgan fingerprint density at radius 1 is 1.25 bits per heavy atom. The molecule has 1 N–H and O–H groups in total. The van der Waals surface area contributed by atoms with Crippen molar-refractivity contribution in [1.82, 2.24) is 10.3 Å². The van der Waals surface area contributed by atoms with Gasteiger partial charge in [-0.15, -0.1) is 0 Å². The quantitative estimate of drug-likeness (QED) is 0.601. The van der Waals surface area contributed by atoms with E-state index in [-0.39, 0.29) is 30.0 Å². The molecular formula is C19H17BrF4N2O2. The third-order valence-corrected chi connectivity index (χ3v) is 5.21. The summed E-state index contributed by atoms with van der Waals surface area (Å²) in [6.45, 7) is 0. The number of hydrogen-bond donors (Lipinski definition) is 1. The van der Waals surface area contributed by atoms with E-state index in [1.165, 1.54) is 36.5 Å². The average Bonchev–Trinajstić information content (AvgIpc) is 2.64. The van der Waals surface area contributed by atoms with Crippen LogP contribution in [0.2, 0.25) is 0 Å². The SMILES string of the molecule is O=C(NC1CCCC(C(F)(F)F)C1)c1cccnc1Oc1ccc(F)cc1Br. The molecule has 2 unspecified atom stereocenters. The van der Waals surface area contributed by atoms with Gasteiger partial charge in [-0.05, 0) is 65.5 Å². The summed E-state index contributed by atoms with van der Waals surface area (Å²) in [5.74, 6) is -2.20. The topological polar surface area (TPSA) is 51.2 Å². The number of ether oxygens (including phenoxy) is 1. The van der Waals surface area contributed by atoms with Crippen molar-refractivity contribution in [2.24, 2.45) is 5.92 Å². The molecule has 0 spiro atoms. The summed E-state index contributed by atoms with van der Waals surface area (Å²) >= 11 is 3.17. The Bertz CT molecular complexity index is 860. The highest BCUT2D eigenvalue weighted by molar-refractivity contribution is 9.10. The van der Waals surface area contributed by atoms with E-state index in [2.05, 4.69) is 26.2 Å². The molecular weight excluding hydrogens is 444 g/mol. The molecule has 150 valence electrons. The molecule has 1 saturated carbocycles. The van der Waals surface area contributed by atoms with Gasteiger partial charge in [0.05, 0.1) is 10.4 Å². The normalized spacial score (nSPS) is 19.9. The second-order valence-electron chi connectivity index (χ2n) is 6.61. The van der Waals surface area contributed by atoms with Crippen molar-refractivity contribution >= 4 is 21.8 Å². The summed E-state index contributed by atoms with van der Waals surface area (Å²) < 4.78 is 58.1. The van der Waals surface area contributed by atoms with Gasteiger partial charge in [-0.3, -0.25) is 4.79 Å². The van der Waals surface area contributed by atoms with Crippen LogP contribution in [0.1, 0.15) is 36.0 Å². The average molecular weight is 461 g/mol. The first-order chi connectivity index (χ1) is 13.2. The minimum absolute atomic E-state index is 0.0181. The third-order valence-electron chi connectivity index (χ3n) is 4.59. The van der Waals surface area contributed by atoms with Crippen LogP contribution in [-0.4, -0.2) is 23.1 Å². The van der Waals surface area contributed by atoms with E-state index < -0.39 is 29.9 Å². The molecule has 2 atom stereocenters. The highest BCUT2D eigenvalue weighted by Crippen LogP contribution is 2.38. The molecule has 2 aromatic rings. The van der Waals surface area contributed by atoms with E-state index >= 15 is 0 Å². The van der Waals surface area contributed by atoms with Crippen LogP contribution in [0, 0.1) is 11.7 Å². The van der Waals surface area contributed by atoms with Crippen molar-refractivity contribution in [2.75, 3.05) is 0 Å². The van der Waals surface area contributed by atoms with Gasteiger partial charge >= 0.3 is 6.18 Å². The molecule has 1 fully saturated rings. The molecule has 1 aromatic heterocycles. The lowest BCUT2D eigenvalue weighted by molar-refractivity contribution is -0.183. The van der Waals surface area contributed by atoms with Crippen LogP contribution in [0.4, 0.5) is 17.6 Å². The minimum Gasteiger partial charge on any atom is -0.437 e. The Hall–Kier alpha value is -2.16. The smallest absolute Gasteiger partial charge is 0.391 e. The number of pyridine rings is 1. The molecule has 1 aliphatic carbocycles. The van der Waals surface area contributed by atoms with Crippen molar-refractivity contribution in [3.63, 3.8) is 0 Å². The second kappa shape index (κ2) is 8.46. The van der Waals surface area contributed by atoms with Gasteiger partial charge in [0.2, 0.25) is 5.88 Å². The van der Waals surface area contributed by atoms with Gasteiger partial charge in [-0.1, -0.05) is 6.42 Å². The standard InChI is InChI=1S/C19H17BrF4N2O2/c20-15-10-12(21)6-7-16(15)28-18-14(5-2-8-25-18)17(27)26-13-4-1-3-11(9-13)19(22,23)24/h2,5-8,10-11,13H,1,3-4,9H2,(H,26,27). The minimum atomic E-state index is -4.26. The number of carbonyl (C=O) groups is 1. The van der Waals surface area contributed by atoms with Crippen molar-refractivity contribution in [3.05, 3.63) is 52.4 Å². The summed E-state index contributed by atoms with van der Waals surface area (Å²) in [6, 6.07) is 6.21. The van der Waals surface area contributed by atoms with E-state index in [4.69, 9.17) is 4.74 Å². The van der Waals surface area contributed by atoms with Crippen molar-refractivity contribution in [2.45, 2.75) is 37.9 Å². The van der Waals surface area contributed by atoms with Gasteiger partial charge < -0.3 is 10.1 Å². The fourth-order valence-electron chi connectivity index (χ4n) is 3.19. The van der Waals surface area contributed by atoms with E-state index in [9.17, 15) is 22.4 Å². The van der Waals surface area contributed by atoms with Crippen LogP contribution in [0.3, 0.4) is 0 Å². The molecule has 9 heteroatoms. The lowest BCUT2D eigenvalue weighted by Gasteiger charge is -2.31. The van der Waals surface area contributed by atoms with Gasteiger partial charge in [0.1, 0.15) is 17.1 Å². The number of alkyl halides is 3. The fraction of sp³-hybridized carbons (Fsp3) is 0.368. The molecule has 0 bridgehead atoms. The second-order valence-corrected chi connectivity index (χ2v) is 7.46. The molecule has 3 rings (SSSR count). The highest BCUT2D eigenvalue weighted by Gasteiger charge is 2.42. The van der Waals surface area contributed by atoms with Crippen LogP contribution in [0.25, 0.3) is 0 Å². The van der Waals surface area contributed by atoms with Crippen LogP contribution in [-0.2, 0) is 0 Å². The monoisotopic (exact) mass is 460 g/mol. The summed E-state index contributed by atoms with van der Waals surface area (Å²) in [5, 5.41) is 2.66. The predicted octanol–water partition coefficient (Wildman–Crippen LogP) is 5.63. The van der Waals surface area contributed by atoms with Gasteiger partial charge in [0.15, 0.2) is 0 Å². The largest absolute Gasteiger partial charge is 0.437 e. The zero-order valence-electron chi connectivity index (χ0n) is 14.6. The number of rotatable bonds is 4. The Morgan fingerprint density at radius 3 is 2.75 bits per heavy atom. The van der Waals surface area contributed by atoms with Crippen molar-refractivity contribution in [3.8, 4) is 11.6 Å². The number of hydrogen-bond acceptors (Lipinski definition) is 3. The first kappa shape index (κ1) is 20.6. The Labute approximate surface area is 167 Å². The lowest BCUT2D eigenvalue weighted by atomic mass is 9.85. The van der Waals surface area contributed by atoms with Gasteiger partial charge in [-0.25, -0.2) is 9.37 Å². The van der Waals surface area contributed by atoms with E-state index in [0.717, 1.165) is 0 Å². The summed E-state index contributed by atoms with van der Waals surface area (Å²) in [4.78, 5) is 16.7. The number of amides is 1. The van der Waals surface area contributed by atoms with Crippen molar-refractivity contribution in [1.29, 1.82) is 0 Å². The number of halogens is 5. The molecule has 0 saturated heterocycles. The maximum atomic E-state index is 13.2. The summed E-state index contributed by atoms with van der Waals surface area (Å²) in [7, 11) is 0. The molecule has 1 aliphatic rings. The lowest BCUT2D eigenvalue weighted by Crippen LogP contribution is -2.41. The Balaban J connectivity index is 1.74. The molecule has 0 radical (unpaired) electrons. The van der Waals surface area contributed by atoms with E-state index in [1.807, 2.05) is 0 Å². The molecule has 0 aliphatic heterocycles. The van der Waals surface area contributed by atoms with Crippen LogP contribution < -0.4 is 10.1 Å². The predicted molar refractivity (Wildman–Crippen MR) is 97.7 cm³/mol. The van der Waals surface area contributed by atoms with Crippen LogP contribution in [0.5, 0.6) is 11.6 Å². The Morgan fingerprint density at radius 2 is 2.04 bits per heavy atom. The molecule has 28 heavy (non-hydrogen) atoms. The van der Waals surface area contributed by atoms with Gasteiger partial charge in [-0.2, -0.15) is 13.2 Å².